The summed E-state index contributed by atoms with van der Waals surface area (Å²) in [6, 6.07) is 9.51. The number of rotatable bonds is 6. The summed E-state index contributed by atoms with van der Waals surface area (Å²) < 4.78 is 9.83. The summed E-state index contributed by atoms with van der Waals surface area (Å²) in [5.41, 5.74) is 0.0390. The largest absolute Gasteiger partial charge is 0.467 e. The van der Waals surface area contributed by atoms with Crippen molar-refractivity contribution in [3.05, 3.63) is 35.9 Å². The topological polar surface area (TPSA) is 47.6 Å². The molecule has 1 rings (SSSR count). The smallest absolute Gasteiger partial charge is 0.330 e. The summed E-state index contributed by atoms with van der Waals surface area (Å²) in [6.07, 6.45) is 0. The molecular weight excluding hydrogens is 218 g/mol. The van der Waals surface area contributed by atoms with Crippen molar-refractivity contribution < 1.29 is 14.3 Å². The van der Waals surface area contributed by atoms with E-state index < -0.39 is 5.54 Å². The van der Waals surface area contributed by atoms with Crippen LogP contribution in [-0.4, -0.2) is 33.3 Å². The molecule has 1 N–H and O–H groups in total. The van der Waals surface area contributed by atoms with Gasteiger partial charge in [0.15, 0.2) is 0 Å². The molecule has 0 fully saturated rings. The number of ether oxygens (including phenoxy) is 2. The maximum absolute atomic E-state index is 11.9. The van der Waals surface area contributed by atoms with Crippen LogP contribution in [0.4, 0.5) is 0 Å². The molecule has 0 spiro atoms. The lowest BCUT2D eigenvalue weighted by atomic mass is 9.92. The van der Waals surface area contributed by atoms with Gasteiger partial charge in [-0.1, -0.05) is 30.3 Å². The van der Waals surface area contributed by atoms with Gasteiger partial charge in [-0.3, -0.25) is 5.32 Å². The Hall–Kier alpha value is -1.39. The van der Waals surface area contributed by atoms with Gasteiger partial charge >= 0.3 is 5.97 Å². The van der Waals surface area contributed by atoms with Gasteiger partial charge in [-0.2, -0.15) is 0 Å². The molecular formula is C13H19NO3. The molecule has 1 aromatic rings. The normalized spacial score (nSPS) is 14.1. The summed E-state index contributed by atoms with van der Waals surface area (Å²) >= 11 is 0. The van der Waals surface area contributed by atoms with E-state index in [0.717, 1.165) is 5.56 Å². The maximum Gasteiger partial charge on any atom is 0.330 e. The van der Waals surface area contributed by atoms with Crippen LogP contribution in [0, 0.1) is 0 Å². The molecule has 1 atom stereocenters. The number of nitrogens with one attached hydrogen (secondary N) is 1. The molecule has 0 amide bonds. The summed E-state index contributed by atoms with van der Waals surface area (Å²) in [7, 11) is 3.02. The summed E-state index contributed by atoms with van der Waals surface area (Å²) in [5.74, 6) is -0.306. The van der Waals surface area contributed by atoms with Crippen LogP contribution in [0.25, 0.3) is 0 Å². The van der Waals surface area contributed by atoms with Gasteiger partial charge in [0, 0.05) is 13.7 Å². The molecule has 0 radical (unpaired) electrons. The van der Waals surface area contributed by atoms with Crippen molar-refractivity contribution in [3.8, 4) is 0 Å². The van der Waals surface area contributed by atoms with Crippen molar-refractivity contribution in [2.24, 2.45) is 0 Å². The van der Waals surface area contributed by atoms with E-state index in [4.69, 9.17) is 9.47 Å². The minimum atomic E-state index is -0.839. The maximum atomic E-state index is 11.9. The van der Waals surface area contributed by atoms with Gasteiger partial charge in [0.25, 0.3) is 0 Å². The van der Waals surface area contributed by atoms with E-state index in [2.05, 4.69) is 5.32 Å². The SMILES string of the molecule is COCCNC(C)(C(=O)OC)c1ccccc1. The van der Waals surface area contributed by atoms with E-state index in [1.807, 2.05) is 37.3 Å². The van der Waals surface area contributed by atoms with E-state index >= 15 is 0 Å². The average Bonchev–Trinajstić information content (AvgIpc) is 2.39. The third-order valence-corrected chi connectivity index (χ3v) is 2.73. The van der Waals surface area contributed by atoms with Crippen molar-refractivity contribution in [1.82, 2.24) is 5.32 Å². The van der Waals surface area contributed by atoms with E-state index in [-0.39, 0.29) is 5.97 Å². The predicted octanol–water partition coefficient (Wildman–Crippen LogP) is 1.31. The standard InChI is InChI=1S/C13H19NO3/c1-13(12(15)17-3,14-9-10-16-2)11-7-5-4-6-8-11/h4-8,14H,9-10H2,1-3H3. The Bertz CT molecular complexity index is 353. The minimum absolute atomic E-state index is 0.306. The van der Waals surface area contributed by atoms with Crippen LogP contribution in [0.15, 0.2) is 30.3 Å². The molecule has 0 heterocycles. The Kier molecular flexibility index (Phi) is 5.12. The first kappa shape index (κ1) is 13.7. The predicted molar refractivity (Wildman–Crippen MR) is 65.7 cm³/mol. The highest BCUT2D eigenvalue weighted by molar-refractivity contribution is 5.82. The van der Waals surface area contributed by atoms with Crippen molar-refractivity contribution in [2.75, 3.05) is 27.4 Å². The first-order chi connectivity index (χ1) is 8.15. The van der Waals surface area contributed by atoms with Gasteiger partial charge in [-0.15, -0.1) is 0 Å². The third kappa shape index (κ3) is 3.28. The average molecular weight is 237 g/mol. The lowest BCUT2D eigenvalue weighted by Crippen LogP contribution is -2.48. The Morgan fingerprint density at radius 1 is 1.29 bits per heavy atom. The second kappa shape index (κ2) is 6.37. The molecule has 0 aliphatic carbocycles. The van der Waals surface area contributed by atoms with Crippen LogP contribution < -0.4 is 5.32 Å². The van der Waals surface area contributed by atoms with Crippen LogP contribution in [0.5, 0.6) is 0 Å². The second-order valence-electron chi connectivity index (χ2n) is 3.90. The van der Waals surface area contributed by atoms with Crippen molar-refractivity contribution >= 4 is 5.97 Å². The fourth-order valence-electron chi connectivity index (χ4n) is 1.67. The van der Waals surface area contributed by atoms with E-state index in [1.165, 1.54) is 7.11 Å². The van der Waals surface area contributed by atoms with Gasteiger partial charge in [0.1, 0.15) is 5.54 Å². The lowest BCUT2D eigenvalue weighted by Gasteiger charge is -2.28. The zero-order chi connectivity index (χ0) is 12.7. The first-order valence-corrected chi connectivity index (χ1v) is 5.53. The monoisotopic (exact) mass is 237 g/mol. The molecule has 0 aliphatic rings. The molecule has 17 heavy (non-hydrogen) atoms. The van der Waals surface area contributed by atoms with Crippen molar-refractivity contribution in [3.63, 3.8) is 0 Å². The van der Waals surface area contributed by atoms with Gasteiger partial charge < -0.3 is 9.47 Å². The molecule has 1 unspecified atom stereocenters. The number of esters is 1. The summed E-state index contributed by atoms with van der Waals surface area (Å²) in [6.45, 7) is 2.93. The van der Waals surface area contributed by atoms with E-state index in [9.17, 15) is 4.79 Å². The van der Waals surface area contributed by atoms with Crippen LogP contribution in [-0.2, 0) is 19.8 Å². The number of hydrogen-bond donors (Lipinski definition) is 1. The van der Waals surface area contributed by atoms with Gasteiger partial charge in [-0.05, 0) is 12.5 Å². The van der Waals surface area contributed by atoms with Crippen LogP contribution in [0.2, 0.25) is 0 Å². The van der Waals surface area contributed by atoms with Crippen molar-refractivity contribution in [2.45, 2.75) is 12.5 Å². The van der Waals surface area contributed by atoms with Crippen LogP contribution in [0.1, 0.15) is 12.5 Å². The number of benzene rings is 1. The van der Waals surface area contributed by atoms with Gasteiger partial charge in [0.05, 0.1) is 13.7 Å². The molecule has 0 aromatic heterocycles. The highest BCUT2D eigenvalue weighted by atomic mass is 16.5. The molecule has 0 saturated carbocycles. The zero-order valence-electron chi connectivity index (χ0n) is 10.5. The summed E-state index contributed by atoms with van der Waals surface area (Å²) in [4.78, 5) is 11.9. The quantitative estimate of drug-likeness (QED) is 0.598. The first-order valence-electron chi connectivity index (χ1n) is 5.53. The fraction of sp³-hybridized carbons (Fsp3) is 0.462. The number of carbonyl (C=O) groups excluding carboxylic acids is 1. The minimum Gasteiger partial charge on any atom is -0.467 e. The number of hydrogen-bond acceptors (Lipinski definition) is 4. The third-order valence-electron chi connectivity index (χ3n) is 2.73. The van der Waals surface area contributed by atoms with Gasteiger partial charge in [-0.25, -0.2) is 4.79 Å². The molecule has 0 aliphatic heterocycles. The fourth-order valence-corrected chi connectivity index (χ4v) is 1.67. The second-order valence-corrected chi connectivity index (χ2v) is 3.90. The molecule has 4 heteroatoms. The Morgan fingerprint density at radius 2 is 1.94 bits per heavy atom. The molecule has 4 nitrogen and oxygen atoms in total. The molecule has 0 bridgehead atoms. The highest BCUT2D eigenvalue weighted by Crippen LogP contribution is 2.21. The van der Waals surface area contributed by atoms with Gasteiger partial charge in [0.2, 0.25) is 0 Å². The van der Waals surface area contributed by atoms with E-state index in [0.29, 0.717) is 13.2 Å². The highest BCUT2D eigenvalue weighted by Gasteiger charge is 2.35. The molecule has 0 saturated heterocycles. The number of methoxy groups -OCH3 is 2. The summed E-state index contributed by atoms with van der Waals surface area (Å²) in [5, 5.41) is 3.16. The van der Waals surface area contributed by atoms with Crippen LogP contribution in [0.3, 0.4) is 0 Å². The lowest BCUT2D eigenvalue weighted by molar-refractivity contribution is -0.148. The van der Waals surface area contributed by atoms with E-state index in [1.54, 1.807) is 7.11 Å². The Morgan fingerprint density at radius 3 is 2.47 bits per heavy atom. The Balaban J connectivity index is 2.90. The van der Waals surface area contributed by atoms with Crippen molar-refractivity contribution in [1.29, 1.82) is 0 Å². The Labute approximate surface area is 102 Å². The number of carbonyl (C=O) groups is 1. The van der Waals surface area contributed by atoms with Crippen LogP contribution >= 0.6 is 0 Å². The molecule has 94 valence electrons. The molecule has 1 aromatic carbocycles. The zero-order valence-corrected chi connectivity index (χ0v) is 10.5.